The van der Waals surface area contributed by atoms with Crippen molar-refractivity contribution in [2.24, 2.45) is 5.73 Å². The van der Waals surface area contributed by atoms with Crippen molar-refractivity contribution in [2.75, 3.05) is 0 Å². The smallest absolute Gasteiger partial charge is 0.137 e. The number of halogens is 2. The van der Waals surface area contributed by atoms with Crippen LogP contribution in [0.5, 0.6) is 11.5 Å². The maximum atomic E-state index is 5.77. The zero-order valence-corrected chi connectivity index (χ0v) is 13.2. The molecule has 2 aromatic carbocycles. The van der Waals surface area contributed by atoms with Crippen LogP contribution in [0, 0.1) is 0 Å². The molecule has 5 heteroatoms. The van der Waals surface area contributed by atoms with E-state index >= 15 is 0 Å². The zero-order chi connectivity index (χ0) is 13.1. The second-order valence-corrected chi connectivity index (χ2v) is 5.83. The van der Waals surface area contributed by atoms with Gasteiger partial charge in [-0.3, -0.25) is 0 Å². The molecule has 0 bridgehead atoms. The third-order valence-corrected chi connectivity index (χ3v) is 3.49. The highest BCUT2D eigenvalue weighted by Crippen LogP contribution is 2.28. The summed E-state index contributed by atoms with van der Waals surface area (Å²) in [6, 6.07) is 13.1. The van der Waals surface area contributed by atoms with Crippen molar-refractivity contribution in [2.45, 2.75) is 0 Å². The lowest BCUT2D eigenvalue weighted by Gasteiger charge is -2.10. The Hall–Kier alpha value is -0.910. The average Bonchev–Trinajstić information content (AvgIpc) is 2.34. The minimum absolute atomic E-state index is 0.309. The summed E-state index contributed by atoms with van der Waals surface area (Å²) in [6.07, 6.45) is 0. The van der Waals surface area contributed by atoms with E-state index in [9.17, 15) is 0 Å². The fraction of sp³-hybridized carbons (Fsp3) is 0. The Morgan fingerprint density at radius 3 is 2.22 bits per heavy atom. The summed E-state index contributed by atoms with van der Waals surface area (Å²) >= 11 is 11.8. The molecule has 2 nitrogen and oxygen atoms in total. The molecule has 0 saturated heterocycles. The molecule has 0 fully saturated rings. The van der Waals surface area contributed by atoms with Gasteiger partial charge in [0.15, 0.2) is 0 Å². The number of hydrogen-bond donors (Lipinski definition) is 1. The molecule has 0 unspecified atom stereocenters. The standard InChI is InChI=1S/C13H9Br2NOS/c14-8-1-4-10(5-2-8)17-12-6-3-9(15)7-11(12)13(16)18/h1-7H,(H2,16,18). The van der Waals surface area contributed by atoms with Crippen molar-refractivity contribution in [3.63, 3.8) is 0 Å². The number of ether oxygens (including phenoxy) is 1. The van der Waals surface area contributed by atoms with E-state index in [0.717, 1.165) is 14.7 Å². The molecule has 2 N–H and O–H groups in total. The van der Waals surface area contributed by atoms with Gasteiger partial charge < -0.3 is 10.5 Å². The van der Waals surface area contributed by atoms with Crippen molar-refractivity contribution in [3.05, 3.63) is 57.0 Å². The maximum Gasteiger partial charge on any atom is 0.137 e. The van der Waals surface area contributed by atoms with Crippen molar-refractivity contribution in [1.29, 1.82) is 0 Å². The van der Waals surface area contributed by atoms with Crippen molar-refractivity contribution in [1.82, 2.24) is 0 Å². The molecule has 0 spiro atoms. The van der Waals surface area contributed by atoms with Crippen molar-refractivity contribution >= 4 is 49.1 Å². The van der Waals surface area contributed by atoms with Crippen molar-refractivity contribution < 1.29 is 4.74 Å². The predicted molar refractivity (Wildman–Crippen MR) is 84.2 cm³/mol. The van der Waals surface area contributed by atoms with E-state index in [2.05, 4.69) is 31.9 Å². The molecule has 0 atom stereocenters. The zero-order valence-electron chi connectivity index (χ0n) is 9.19. The van der Waals surface area contributed by atoms with Gasteiger partial charge in [0.1, 0.15) is 16.5 Å². The van der Waals surface area contributed by atoms with E-state index in [1.165, 1.54) is 0 Å². The Morgan fingerprint density at radius 1 is 1.00 bits per heavy atom. The Morgan fingerprint density at radius 2 is 1.61 bits per heavy atom. The van der Waals surface area contributed by atoms with Crippen LogP contribution in [-0.2, 0) is 0 Å². The average molecular weight is 387 g/mol. The molecule has 0 heterocycles. The highest BCUT2D eigenvalue weighted by atomic mass is 79.9. The Bertz CT molecular complexity index is 584. The molecule has 0 aromatic heterocycles. The minimum atomic E-state index is 0.309. The molecule has 2 aromatic rings. The first kappa shape index (κ1) is 13.5. The molecular weight excluding hydrogens is 378 g/mol. The van der Waals surface area contributed by atoms with E-state index in [4.69, 9.17) is 22.7 Å². The lowest BCUT2D eigenvalue weighted by atomic mass is 10.2. The van der Waals surface area contributed by atoms with Gasteiger partial charge >= 0.3 is 0 Å². The van der Waals surface area contributed by atoms with Crippen LogP contribution < -0.4 is 10.5 Å². The minimum Gasteiger partial charge on any atom is -0.457 e. The largest absolute Gasteiger partial charge is 0.457 e. The summed E-state index contributed by atoms with van der Waals surface area (Å²) in [7, 11) is 0. The first-order valence-electron chi connectivity index (χ1n) is 5.09. The van der Waals surface area contributed by atoms with Gasteiger partial charge in [0.2, 0.25) is 0 Å². The third kappa shape index (κ3) is 3.31. The molecule has 92 valence electrons. The number of thiocarbonyl (C=S) groups is 1. The fourth-order valence-corrected chi connectivity index (χ4v) is 2.20. The number of rotatable bonds is 3. The van der Waals surface area contributed by atoms with E-state index in [-0.39, 0.29) is 0 Å². The normalized spacial score (nSPS) is 10.1. The molecule has 0 aliphatic rings. The molecule has 0 radical (unpaired) electrons. The highest BCUT2D eigenvalue weighted by Gasteiger charge is 2.08. The van der Waals surface area contributed by atoms with Gasteiger partial charge in [0, 0.05) is 8.95 Å². The SMILES string of the molecule is NC(=S)c1cc(Br)ccc1Oc1ccc(Br)cc1. The van der Waals surface area contributed by atoms with E-state index in [1.807, 2.05) is 42.5 Å². The lowest BCUT2D eigenvalue weighted by molar-refractivity contribution is 0.481. The Labute approximate surface area is 127 Å². The van der Waals surface area contributed by atoms with Gasteiger partial charge in [0.25, 0.3) is 0 Å². The highest BCUT2D eigenvalue weighted by molar-refractivity contribution is 9.10. The van der Waals surface area contributed by atoms with Crippen LogP contribution in [0.3, 0.4) is 0 Å². The third-order valence-electron chi connectivity index (χ3n) is 2.25. The summed E-state index contributed by atoms with van der Waals surface area (Å²) in [6.45, 7) is 0. The van der Waals surface area contributed by atoms with Gasteiger partial charge in [0.05, 0.1) is 5.56 Å². The van der Waals surface area contributed by atoms with Crippen LogP contribution in [-0.4, -0.2) is 4.99 Å². The first-order chi connectivity index (χ1) is 8.56. The molecule has 0 saturated carbocycles. The second kappa shape index (κ2) is 5.82. The molecule has 2 rings (SSSR count). The van der Waals surface area contributed by atoms with Crippen LogP contribution in [0.4, 0.5) is 0 Å². The molecule has 0 aliphatic heterocycles. The Balaban J connectivity index is 2.34. The second-order valence-electron chi connectivity index (χ2n) is 3.56. The summed E-state index contributed by atoms with van der Waals surface area (Å²) in [4.78, 5) is 0.309. The van der Waals surface area contributed by atoms with Crippen molar-refractivity contribution in [3.8, 4) is 11.5 Å². The first-order valence-corrected chi connectivity index (χ1v) is 7.08. The van der Waals surface area contributed by atoms with Crippen LogP contribution in [0.15, 0.2) is 51.4 Å². The van der Waals surface area contributed by atoms with Gasteiger partial charge in [-0.25, -0.2) is 0 Å². The van der Waals surface area contributed by atoms with Crippen LogP contribution in [0.2, 0.25) is 0 Å². The summed E-state index contributed by atoms with van der Waals surface area (Å²) in [5.74, 6) is 1.38. The van der Waals surface area contributed by atoms with Gasteiger partial charge in [-0.1, -0.05) is 44.1 Å². The maximum absolute atomic E-state index is 5.77. The van der Waals surface area contributed by atoms with E-state index in [0.29, 0.717) is 16.3 Å². The van der Waals surface area contributed by atoms with Crippen LogP contribution in [0.1, 0.15) is 5.56 Å². The van der Waals surface area contributed by atoms with Gasteiger partial charge in [-0.2, -0.15) is 0 Å². The van der Waals surface area contributed by atoms with Crippen LogP contribution in [0.25, 0.3) is 0 Å². The molecular formula is C13H9Br2NOS. The predicted octanol–water partition coefficient (Wildman–Crippen LogP) is 4.64. The summed E-state index contributed by atoms with van der Waals surface area (Å²) in [5, 5.41) is 0. The van der Waals surface area contributed by atoms with E-state index < -0.39 is 0 Å². The quantitative estimate of drug-likeness (QED) is 0.780. The van der Waals surface area contributed by atoms with Gasteiger partial charge in [-0.15, -0.1) is 0 Å². The summed E-state index contributed by atoms with van der Waals surface area (Å²) < 4.78 is 7.68. The lowest BCUT2D eigenvalue weighted by Crippen LogP contribution is -2.10. The molecule has 18 heavy (non-hydrogen) atoms. The molecule has 0 amide bonds. The fourth-order valence-electron chi connectivity index (χ4n) is 1.41. The van der Waals surface area contributed by atoms with Crippen LogP contribution >= 0.6 is 44.1 Å². The monoisotopic (exact) mass is 385 g/mol. The number of nitrogens with two attached hydrogens (primary N) is 1. The topological polar surface area (TPSA) is 35.2 Å². The number of hydrogen-bond acceptors (Lipinski definition) is 2. The Kier molecular flexibility index (Phi) is 4.37. The van der Waals surface area contributed by atoms with E-state index in [1.54, 1.807) is 0 Å². The summed E-state index contributed by atoms with van der Waals surface area (Å²) in [5.41, 5.74) is 6.39. The number of benzene rings is 2. The van der Waals surface area contributed by atoms with Gasteiger partial charge in [-0.05, 0) is 42.5 Å². The molecule has 0 aliphatic carbocycles.